The molecule has 20 heavy (non-hydrogen) atoms. The van der Waals surface area contributed by atoms with Gasteiger partial charge in [0.05, 0.1) is 13.1 Å². The molecule has 0 saturated carbocycles. The van der Waals surface area contributed by atoms with Gasteiger partial charge in [-0.15, -0.1) is 0 Å². The molecule has 1 saturated heterocycles. The molecule has 0 aromatic carbocycles. The van der Waals surface area contributed by atoms with Gasteiger partial charge in [0.1, 0.15) is 12.2 Å². The summed E-state index contributed by atoms with van der Waals surface area (Å²) in [5.41, 5.74) is 0.559. The third-order valence-electron chi connectivity index (χ3n) is 3.32. The number of aryl methyl sites for hydroxylation is 1. The molecule has 0 spiro atoms. The van der Waals surface area contributed by atoms with E-state index in [0.717, 1.165) is 5.56 Å². The Morgan fingerprint density at radius 2 is 2.05 bits per heavy atom. The molecule has 1 fully saturated rings. The smallest absolute Gasteiger partial charge is 0.329 e. The highest BCUT2D eigenvalue weighted by molar-refractivity contribution is 5.77. The second kappa shape index (κ2) is 6.00. The van der Waals surface area contributed by atoms with Gasteiger partial charge in [0.25, 0.3) is 0 Å². The summed E-state index contributed by atoms with van der Waals surface area (Å²) >= 11 is 0. The van der Waals surface area contributed by atoms with E-state index in [4.69, 9.17) is 9.84 Å². The van der Waals surface area contributed by atoms with Gasteiger partial charge in [-0.05, 0) is 31.0 Å². The number of pyridine rings is 1. The summed E-state index contributed by atoms with van der Waals surface area (Å²) in [6.07, 6.45) is 4.55. The molecule has 0 radical (unpaired) electrons. The van der Waals surface area contributed by atoms with Gasteiger partial charge < -0.3 is 14.7 Å². The van der Waals surface area contributed by atoms with Crippen LogP contribution in [-0.2, 0) is 20.7 Å². The van der Waals surface area contributed by atoms with Gasteiger partial charge in [0.15, 0.2) is 0 Å². The van der Waals surface area contributed by atoms with Crippen molar-refractivity contribution in [2.75, 3.05) is 19.7 Å². The van der Waals surface area contributed by atoms with E-state index >= 15 is 0 Å². The summed E-state index contributed by atoms with van der Waals surface area (Å²) < 4.78 is 5.27. The minimum absolute atomic E-state index is 0.0678. The first-order chi connectivity index (χ1) is 9.48. The van der Waals surface area contributed by atoms with Crippen LogP contribution in [0.25, 0.3) is 0 Å². The van der Waals surface area contributed by atoms with Crippen molar-refractivity contribution in [3.8, 4) is 0 Å². The number of amides is 1. The number of carbonyl (C=O) groups excluding carboxylic acids is 1. The average molecular weight is 278 g/mol. The second-order valence-corrected chi connectivity index (χ2v) is 5.24. The molecule has 0 aliphatic carbocycles. The Labute approximate surface area is 117 Å². The minimum Gasteiger partial charge on any atom is -0.480 e. The molecule has 2 heterocycles. The highest BCUT2D eigenvalue weighted by Crippen LogP contribution is 2.25. The zero-order valence-corrected chi connectivity index (χ0v) is 11.4. The third kappa shape index (κ3) is 3.77. The fourth-order valence-electron chi connectivity index (χ4n) is 2.22. The maximum atomic E-state index is 12.0. The molecule has 6 heteroatoms. The molecular formula is C14H18N2O4. The van der Waals surface area contributed by atoms with E-state index in [0.29, 0.717) is 25.9 Å². The van der Waals surface area contributed by atoms with Crippen LogP contribution in [0.3, 0.4) is 0 Å². The molecule has 0 unspecified atom stereocenters. The van der Waals surface area contributed by atoms with Crippen LogP contribution in [0.2, 0.25) is 0 Å². The number of hydrogen-bond donors (Lipinski definition) is 1. The zero-order chi connectivity index (χ0) is 14.6. The standard InChI is InChI=1S/C14H18N2O4/c1-14(20-8-13(18)19)9-16(10-14)12(17)3-2-11-4-6-15-7-5-11/h4-7H,2-3,8-10H2,1H3,(H,18,19). The van der Waals surface area contributed by atoms with Crippen molar-refractivity contribution in [1.29, 1.82) is 0 Å². The molecule has 1 aromatic rings. The van der Waals surface area contributed by atoms with Gasteiger partial charge in [-0.2, -0.15) is 0 Å². The molecule has 6 nitrogen and oxygen atoms in total. The Kier molecular flexibility index (Phi) is 4.34. The molecule has 1 aliphatic heterocycles. The van der Waals surface area contributed by atoms with E-state index in [9.17, 15) is 9.59 Å². The summed E-state index contributed by atoms with van der Waals surface area (Å²) in [5, 5.41) is 8.57. The van der Waals surface area contributed by atoms with Crippen LogP contribution >= 0.6 is 0 Å². The van der Waals surface area contributed by atoms with E-state index in [1.165, 1.54) is 0 Å². The van der Waals surface area contributed by atoms with Crippen molar-refractivity contribution in [2.24, 2.45) is 0 Å². The largest absolute Gasteiger partial charge is 0.480 e. The number of ether oxygens (including phenoxy) is 1. The number of aliphatic carboxylic acids is 1. The first-order valence-corrected chi connectivity index (χ1v) is 6.51. The Morgan fingerprint density at radius 1 is 1.40 bits per heavy atom. The monoisotopic (exact) mass is 278 g/mol. The third-order valence-corrected chi connectivity index (χ3v) is 3.32. The number of carboxylic acid groups (broad SMARTS) is 1. The maximum absolute atomic E-state index is 12.0. The fraction of sp³-hybridized carbons (Fsp3) is 0.500. The van der Waals surface area contributed by atoms with Crippen molar-refractivity contribution < 1.29 is 19.4 Å². The minimum atomic E-state index is -0.992. The highest BCUT2D eigenvalue weighted by Gasteiger charge is 2.42. The molecular weight excluding hydrogens is 260 g/mol. The Bertz CT molecular complexity index is 483. The average Bonchev–Trinajstić information content (AvgIpc) is 2.40. The number of aromatic nitrogens is 1. The summed E-state index contributed by atoms with van der Waals surface area (Å²) in [6.45, 7) is 2.41. The van der Waals surface area contributed by atoms with Crippen LogP contribution in [0.15, 0.2) is 24.5 Å². The molecule has 0 atom stereocenters. The summed E-state index contributed by atoms with van der Waals surface area (Å²) in [4.78, 5) is 28.0. The van der Waals surface area contributed by atoms with Crippen LogP contribution in [-0.4, -0.2) is 52.2 Å². The summed E-state index contributed by atoms with van der Waals surface area (Å²) in [7, 11) is 0. The fourth-order valence-corrected chi connectivity index (χ4v) is 2.22. The van der Waals surface area contributed by atoms with Crippen molar-refractivity contribution in [3.63, 3.8) is 0 Å². The lowest BCUT2D eigenvalue weighted by Crippen LogP contribution is -2.63. The molecule has 2 rings (SSSR count). The van der Waals surface area contributed by atoms with Crippen LogP contribution in [0.4, 0.5) is 0 Å². The lowest BCUT2D eigenvalue weighted by molar-refractivity contribution is -0.173. The summed E-state index contributed by atoms with van der Waals surface area (Å²) in [6, 6.07) is 3.78. The number of nitrogens with zero attached hydrogens (tertiary/aromatic N) is 2. The number of rotatable bonds is 6. The second-order valence-electron chi connectivity index (χ2n) is 5.24. The molecule has 1 aliphatic rings. The quantitative estimate of drug-likeness (QED) is 0.829. The van der Waals surface area contributed by atoms with Gasteiger partial charge in [-0.3, -0.25) is 9.78 Å². The van der Waals surface area contributed by atoms with Crippen molar-refractivity contribution in [2.45, 2.75) is 25.4 Å². The van der Waals surface area contributed by atoms with Gasteiger partial charge >= 0.3 is 5.97 Å². The highest BCUT2D eigenvalue weighted by atomic mass is 16.5. The van der Waals surface area contributed by atoms with E-state index < -0.39 is 11.6 Å². The number of carbonyl (C=O) groups is 2. The predicted molar refractivity (Wildman–Crippen MR) is 71.1 cm³/mol. The Hall–Kier alpha value is -1.95. The molecule has 1 amide bonds. The normalized spacial score (nSPS) is 16.6. The van der Waals surface area contributed by atoms with Crippen LogP contribution in [0, 0.1) is 0 Å². The zero-order valence-electron chi connectivity index (χ0n) is 11.4. The van der Waals surface area contributed by atoms with Crippen molar-refractivity contribution in [1.82, 2.24) is 9.88 Å². The first-order valence-electron chi connectivity index (χ1n) is 6.51. The lowest BCUT2D eigenvalue weighted by Gasteiger charge is -2.47. The number of likely N-dealkylation sites (tertiary alicyclic amines) is 1. The number of carboxylic acids is 1. The van der Waals surface area contributed by atoms with Crippen LogP contribution in [0.5, 0.6) is 0 Å². The van der Waals surface area contributed by atoms with Gasteiger partial charge in [0.2, 0.25) is 5.91 Å². The molecule has 1 N–H and O–H groups in total. The van der Waals surface area contributed by atoms with Crippen LogP contribution in [0.1, 0.15) is 18.9 Å². The van der Waals surface area contributed by atoms with E-state index in [1.54, 1.807) is 17.3 Å². The lowest BCUT2D eigenvalue weighted by atomic mass is 9.95. The van der Waals surface area contributed by atoms with E-state index in [-0.39, 0.29) is 12.5 Å². The molecule has 108 valence electrons. The SMILES string of the molecule is CC1(OCC(=O)O)CN(C(=O)CCc2ccncc2)C1. The summed E-state index contributed by atoms with van der Waals surface area (Å²) in [5.74, 6) is -0.924. The first kappa shape index (κ1) is 14.5. The molecule has 1 aromatic heterocycles. The van der Waals surface area contributed by atoms with Gasteiger partial charge in [-0.25, -0.2) is 4.79 Å². The number of hydrogen-bond acceptors (Lipinski definition) is 4. The predicted octanol–water partition coefficient (Wildman–Crippen LogP) is 0.716. The van der Waals surface area contributed by atoms with Crippen molar-refractivity contribution in [3.05, 3.63) is 30.1 Å². The van der Waals surface area contributed by atoms with E-state index in [1.807, 2.05) is 19.1 Å². The Balaban J connectivity index is 1.72. The van der Waals surface area contributed by atoms with Crippen LogP contribution < -0.4 is 0 Å². The maximum Gasteiger partial charge on any atom is 0.329 e. The van der Waals surface area contributed by atoms with E-state index in [2.05, 4.69) is 4.98 Å². The van der Waals surface area contributed by atoms with Crippen molar-refractivity contribution >= 4 is 11.9 Å². The van der Waals surface area contributed by atoms with Gasteiger partial charge in [-0.1, -0.05) is 0 Å². The van der Waals surface area contributed by atoms with Gasteiger partial charge in [0, 0.05) is 18.8 Å². The Morgan fingerprint density at radius 3 is 2.65 bits per heavy atom. The molecule has 0 bridgehead atoms. The topological polar surface area (TPSA) is 79.7 Å².